The van der Waals surface area contributed by atoms with Crippen LogP contribution in [0.1, 0.15) is 33.6 Å². The molecule has 1 unspecified atom stereocenters. The highest BCUT2D eigenvalue weighted by Gasteiger charge is 2.11. The molecule has 1 rings (SSSR count). The first kappa shape index (κ1) is 17.4. The molecule has 0 heterocycles. The lowest BCUT2D eigenvalue weighted by atomic mass is 10.1. The number of benzene rings is 1. The number of nitrogen functional groups attached to an aromatic ring is 1. The van der Waals surface area contributed by atoms with Gasteiger partial charge in [0.2, 0.25) is 5.91 Å². The SMILES string of the molecule is CCC(C)CN(CC)CCC(=O)Nc1cc(N)ccc1F. The van der Waals surface area contributed by atoms with Gasteiger partial charge < -0.3 is 16.0 Å². The molecule has 0 fully saturated rings. The average Bonchev–Trinajstić information content (AvgIpc) is 2.46. The highest BCUT2D eigenvalue weighted by molar-refractivity contribution is 5.91. The minimum Gasteiger partial charge on any atom is -0.399 e. The largest absolute Gasteiger partial charge is 0.399 e. The third-order valence-electron chi connectivity index (χ3n) is 3.63. The molecule has 0 saturated heterocycles. The molecule has 5 heteroatoms. The summed E-state index contributed by atoms with van der Waals surface area (Å²) >= 11 is 0. The van der Waals surface area contributed by atoms with Crippen molar-refractivity contribution >= 4 is 17.3 Å². The zero-order chi connectivity index (χ0) is 15.8. The van der Waals surface area contributed by atoms with Crippen LogP contribution in [0.25, 0.3) is 0 Å². The van der Waals surface area contributed by atoms with E-state index in [0.717, 1.165) is 19.5 Å². The topological polar surface area (TPSA) is 58.4 Å². The standard InChI is InChI=1S/C16H26FN3O/c1-4-12(3)11-20(5-2)9-8-16(21)19-15-10-13(18)6-7-14(15)17/h6-7,10,12H,4-5,8-9,11,18H2,1-3H3,(H,19,21). The van der Waals surface area contributed by atoms with Crippen molar-refractivity contribution in [1.29, 1.82) is 0 Å². The fraction of sp³-hybridized carbons (Fsp3) is 0.562. The number of rotatable bonds is 8. The van der Waals surface area contributed by atoms with E-state index in [2.05, 4.69) is 31.0 Å². The molecule has 4 nitrogen and oxygen atoms in total. The van der Waals surface area contributed by atoms with Crippen LogP contribution >= 0.6 is 0 Å². The summed E-state index contributed by atoms with van der Waals surface area (Å²) in [5.41, 5.74) is 6.16. The first-order chi connectivity index (χ1) is 9.96. The zero-order valence-corrected chi connectivity index (χ0v) is 13.2. The number of hydrogen-bond donors (Lipinski definition) is 2. The Morgan fingerprint density at radius 2 is 2.14 bits per heavy atom. The molecular weight excluding hydrogens is 269 g/mol. The maximum absolute atomic E-state index is 13.5. The number of carbonyl (C=O) groups excluding carboxylic acids is 1. The van der Waals surface area contributed by atoms with E-state index in [0.29, 0.717) is 24.6 Å². The number of carbonyl (C=O) groups is 1. The van der Waals surface area contributed by atoms with Crippen molar-refractivity contribution in [3.8, 4) is 0 Å². The summed E-state index contributed by atoms with van der Waals surface area (Å²) in [5, 5.41) is 2.58. The highest BCUT2D eigenvalue weighted by Crippen LogP contribution is 2.17. The molecule has 1 amide bonds. The summed E-state index contributed by atoms with van der Waals surface area (Å²) in [6, 6.07) is 4.16. The van der Waals surface area contributed by atoms with Crippen molar-refractivity contribution in [2.24, 2.45) is 5.92 Å². The molecule has 0 aliphatic heterocycles. The minimum absolute atomic E-state index is 0.143. The van der Waals surface area contributed by atoms with Crippen LogP contribution < -0.4 is 11.1 Å². The normalized spacial score (nSPS) is 12.4. The van der Waals surface area contributed by atoms with Crippen LogP contribution in [0.5, 0.6) is 0 Å². The Hall–Kier alpha value is -1.62. The molecule has 21 heavy (non-hydrogen) atoms. The van der Waals surface area contributed by atoms with Crippen molar-refractivity contribution in [3.05, 3.63) is 24.0 Å². The molecule has 1 aromatic carbocycles. The van der Waals surface area contributed by atoms with Crippen molar-refractivity contribution in [2.45, 2.75) is 33.6 Å². The van der Waals surface area contributed by atoms with Crippen molar-refractivity contribution < 1.29 is 9.18 Å². The Morgan fingerprint density at radius 1 is 1.43 bits per heavy atom. The predicted octanol–water partition coefficient (Wildman–Crippen LogP) is 3.10. The fourth-order valence-electron chi connectivity index (χ4n) is 2.06. The quantitative estimate of drug-likeness (QED) is 0.725. The second-order valence-corrected chi connectivity index (χ2v) is 5.44. The monoisotopic (exact) mass is 295 g/mol. The van der Waals surface area contributed by atoms with Crippen LogP contribution in [0.4, 0.5) is 15.8 Å². The summed E-state index contributed by atoms with van der Waals surface area (Å²) in [6.45, 7) is 9.00. The maximum Gasteiger partial charge on any atom is 0.225 e. The Labute approximate surface area is 126 Å². The van der Waals surface area contributed by atoms with Crippen molar-refractivity contribution in [1.82, 2.24) is 4.90 Å². The Bertz CT molecular complexity index is 465. The molecule has 0 aromatic heterocycles. The van der Waals surface area contributed by atoms with Crippen LogP contribution in [-0.4, -0.2) is 30.4 Å². The Balaban J connectivity index is 2.47. The minimum atomic E-state index is -0.468. The van der Waals surface area contributed by atoms with Crippen LogP contribution in [0.2, 0.25) is 0 Å². The maximum atomic E-state index is 13.5. The van der Waals surface area contributed by atoms with Gasteiger partial charge in [0.25, 0.3) is 0 Å². The predicted molar refractivity (Wildman–Crippen MR) is 85.6 cm³/mol. The molecule has 0 radical (unpaired) electrons. The van der Waals surface area contributed by atoms with E-state index in [1.165, 1.54) is 18.2 Å². The van der Waals surface area contributed by atoms with Gasteiger partial charge in [-0.3, -0.25) is 4.79 Å². The van der Waals surface area contributed by atoms with E-state index in [1.807, 2.05) is 0 Å². The van der Waals surface area contributed by atoms with Crippen LogP contribution in [-0.2, 0) is 4.79 Å². The van der Waals surface area contributed by atoms with Gasteiger partial charge in [0, 0.05) is 25.2 Å². The van der Waals surface area contributed by atoms with Crippen LogP contribution in [0.15, 0.2) is 18.2 Å². The van der Waals surface area contributed by atoms with Gasteiger partial charge in [-0.2, -0.15) is 0 Å². The third kappa shape index (κ3) is 6.12. The van der Waals surface area contributed by atoms with Gasteiger partial charge in [0.15, 0.2) is 0 Å². The molecule has 0 aliphatic carbocycles. The van der Waals surface area contributed by atoms with E-state index < -0.39 is 5.82 Å². The number of nitrogens with one attached hydrogen (secondary N) is 1. The van der Waals surface area contributed by atoms with Gasteiger partial charge in [-0.1, -0.05) is 27.2 Å². The summed E-state index contributed by atoms with van der Waals surface area (Å²) in [5.74, 6) is -0.0500. The molecule has 0 bridgehead atoms. The average molecular weight is 295 g/mol. The zero-order valence-electron chi connectivity index (χ0n) is 13.2. The Kier molecular flexibility index (Phi) is 7.15. The van der Waals surface area contributed by atoms with E-state index in [9.17, 15) is 9.18 Å². The van der Waals surface area contributed by atoms with Crippen LogP contribution in [0, 0.1) is 11.7 Å². The summed E-state index contributed by atoms with van der Waals surface area (Å²) in [6.07, 6.45) is 1.47. The number of halogens is 1. The Morgan fingerprint density at radius 3 is 2.76 bits per heavy atom. The molecule has 1 aromatic rings. The van der Waals surface area contributed by atoms with Gasteiger partial charge in [-0.25, -0.2) is 4.39 Å². The summed E-state index contributed by atoms with van der Waals surface area (Å²) in [7, 11) is 0. The van der Waals surface area contributed by atoms with E-state index in [1.54, 1.807) is 0 Å². The lowest BCUT2D eigenvalue weighted by Crippen LogP contribution is -2.31. The number of nitrogens with two attached hydrogens (primary N) is 1. The fourth-order valence-corrected chi connectivity index (χ4v) is 2.06. The van der Waals surface area contributed by atoms with E-state index >= 15 is 0 Å². The second kappa shape index (κ2) is 8.62. The molecule has 118 valence electrons. The number of nitrogens with zero attached hydrogens (tertiary/aromatic N) is 1. The summed E-state index contributed by atoms with van der Waals surface area (Å²) in [4.78, 5) is 14.1. The second-order valence-electron chi connectivity index (χ2n) is 5.44. The summed E-state index contributed by atoms with van der Waals surface area (Å²) < 4.78 is 13.5. The smallest absolute Gasteiger partial charge is 0.225 e. The van der Waals surface area contributed by atoms with Gasteiger partial charge in [-0.05, 0) is 30.7 Å². The molecule has 0 aliphatic rings. The number of anilines is 2. The van der Waals surface area contributed by atoms with Gasteiger partial charge in [-0.15, -0.1) is 0 Å². The lowest BCUT2D eigenvalue weighted by molar-refractivity contribution is -0.116. The molecular formula is C16H26FN3O. The van der Waals surface area contributed by atoms with Crippen molar-refractivity contribution in [3.63, 3.8) is 0 Å². The molecule has 1 atom stereocenters. The van der Waals surface area contributed by atoms with Crippen molar-refractivity contribution in [2.75, 3.05) is 30.7 Å². The first-order valence-electron chi connectivity index (χ1n) is 7.53. The molecule has 0 saturated carbocycles. The first-order valence-corrected chi connectivity index (χ1v) is 7.53. The van der Waals surface area contributed by atoms with Crippen LogP contribution in [0.3, 0.4) is 0 Å². The number of amides is 1. The lowest BCUT2D eigenvalue weighted by Gasteiger charge is -2.23. The van der Waals surface area contributed by atoms with E-state index in [-0.39, 0.29) is 11.6 Å². The van der Waals surface area contributed by atoms with Gasteiger partial charge in [0.1, 0.15) is 5.82 Å². The molecule has 3 N–H and O–H groups in total. The number of hydrogen-bond acceptors (Lipinski definition) is 3. The van der Waals surface area contributed by atoms with Gasteiger partial charge >= 0.3 is 0 Å². The van der Waals surface area contributed by atoms with Gasteiger partial charge in [0.05, 0.1) is 5.69 Å². The third-order valence-corrected chi connectivity index (χ3v) is 3.63. The molecule has 0 spiro atoms. The highest BCUT2D eigenvalue weighted by atomic mass is 19.1. The van der Waals surface area contributed by atoms with E-state index in [4.69, 9.17) is 5.73 Å².